The fraction of sp³-hybridized carbons (Fsp3) is 0.250. The van der Waals surface area contributed by atoms with E-state index >= 15 is 0 Å². The lowest BCUT2D eigenvalue weighted by Crippen LogP contribution is -2.08. The zero-order valence-electron chi connectivity index (χ0n) is 12.8. The molecule has 0 atom stereocenters. The summed E-state index contributed by atoms with van der Waals surface area (Å²) in [7, 11) is 0. The summed E-state index contributed by atoms with van der Waals surface area (Å²) in [5.74, 6) is 1.71. The van der Waals surface area contributed by atoms with E-state index in [-0.39, 0.29) is 5.82 Å². The van der Waals surface area contributed by atoms with Crippen LogP contribution in [-0.2, 0) is 6.42 Å². The molecular formula is C16H18ClN5O. The average Bonchev–Trinajstić information content (AvgIpc) is 2.96. The molecule has 0 spiro atoms. The van der Waals surface area contributed by atoms with Crippen molar-refractivity contribution in [3.8, 4) is 5.75 Å². The van der Waals surface area contributed by atoms with Crippen molar-refractivity contribution in [3.63, 3.8) is 0 Å². The van der Waals surface area contributed by atoms with E-state index < -0.39 is 0 Å². The van der Waals surface area contributed by atoms with Gasteiger partial charge in [0.2, 0.25) is 0 Å². The SMILES string of the molecule is CCOc1cccc2[nH]cc(CCNc3ncnc(N)c3Cl)c12. The Morgan fingerprint density at radius 2 is 2.22 bits per heavy atom. The highest BCUT2D eigenvalue weighted by atomic mass is 35.5. The Balaban J connectivity index is 1.76. The molecule has 0 aliphatic rings. The van der Waals surface area contributed by atoms with Gasteiger partial charge in [0.1, 0.15) is 28.7 Å². The van der Waals surface area contributed by atoms with Crippen molar-refractivity contribution in [2.24, 2.45) is 0 Å². The lowest BCUT2D eigenvalue weighted by molar-refractivity contribution is 0.344. The Labute approximate surface area is 139 Å². The van der Waals surface area contributed by atoms with Crippen molar-refractivity contribution in [3.05, 3.63) is 41.3 Å². The molecule has 0 fully saturated rings. The van der Waals surface area contributed by atoms with Gasteiger partial charge in [0.15, 0.2) is 0 Å². The standard InChI is InChI=1S/C16H18ClN5O/c1-2-23-12-5-3-4-11-13(12)10(8-20-11)6-7-19-16-14(17)15(18)21-9-22-16/h3-5,8-9,20H,2,6-7H2,1H3,(H3,18,19,21,22). The molecule has 0 aliphatic carbocycles. The molecule has 0 aliphatic heterocycles. The first-order valence-electron chi connectivity index (χ1n) is 7.42. The number of aromatic amines is 1. The van der Waals surface area contributed by atoms with E-state index in [1.165, 1.54) is 11.9 Å². The maximum Gasteiger partial charge on any atom is 0.150 e. The monoisotopic (exact) mass is 331 g/mol. The number of anilines is 2. The molecule has 4 N–H and O–H groups in total. The number of hydrogen-bond donors (Lipinski definition) is 3. The van der Waals surface area contributed by atoms with Gasteiger partial charge in [-0.3, -0.25) is 0 Å². The van der Waals surface area contributed by atoms with Crippen molar-refractivity contribution < 1.29 is 4.74 Å². The molecule has 0 saturated carbocycles. The number of rotatable bonds is 6. The zero-order valence-corrected chi connectivity index (χ0v) is 13.5. The second kappa shape index (κ2) is 6.75. The van der Waals surface area contributed by atoms with Crippen LogP contribution in [0.5, 0.6) is 5.75 Å². The second-order valence-electron chi connectivity index (χ2n) is 5.02. The maximum atomic E-state index is 6.08. The molecule has 2 heterocycles. The molecule has 0 amide bonds. The van der Waals surface area contributed by atoms with E-state index in [1.807, 2.05) is 31.3 Å². The summed E-state index contributed by atoms with van der Waals surface area (Å²) in [5, 5.41) is 4.65. The first kappa shape index (κ1) is 15.4. The molecule has 3 aromatic rings. The van der Waals surface area contributed by atoms with Gasteiger partial charge in [-0.1, -0.05) is 17.7 Å². The topological polar surface area (TPSA) is 88.8 Å². The predicted molar refractivity (Wildman–Crippen MR) is 93.1 cm³/mol. The Morgan fingerprint density at radius 1 is 1.35 bits per heavy atom. The molecule has 0 radical (unpaired) electrons. The summed E-state index contributed by atoms with van der Waals surface area (Å²) < 4.78 is 5.72. The van der Waals surface area contributed by atoms with Gasteiger partial charge in [-0.05, 0) is 31.0 Å². The van der Waals surface area contributed by atoms with E-state index in [2.05, 4.69) is 20.3 Å². The summed E-state index contributed by atoms with van der Waals surface area (Å²) in [4.78, 5) is 11.2. The number of nitrogens with one attached hydrogen (secondary N) is 2. The number of nitrogens with zero attached hydrogens (tertiary/aromatic N) is 2. The van der Waals surface area contributed by atoms with Gasteiger partial charge in [0, 0.05) is 23.6 Å². The van der Waals surface area contributed by atoms with Gasteiger partial charge in [0.05, 0.1) is 6.61 Å². The molecule has 0 saturated heterocycles. The van der Waals surface area contributed by atoms with Gasteiger partial charge < -0.3 is 20.8 Å². The highest BCUT2D eigenvalue weighted by Crippen LogP contribution is 2.29. The van der Waals surface area contributed by atoms with Crippen LogP contribution in [0.4, 0.5) is 11.6 Å². The van der Waals surface area contributed by atoms with E-state index in [0.29, 0.717) is 24.0 Å². The number of halogens is 1. The fourth-order valence-corrected chi connectivity index (χ4v) is 2.68. The molecule has 7 heteroatoms. The highest BCUT2D eigenvalue weighted by molar-refractivity contribution is 6.35. The third kappa shape index (κ3) is 3.17. The van der Waals surface area contributed by atoms with Crippen LogP contribution in [0.2, 0.25) is 5.02 Å². The van der Waals surface area contributed by atoms with E-state index in [4.69, 9.17) is 22.1 Å². The summed E-state index contributed by atoms with van der Waals surface area (Å²) in [5.41, 5.74) is 7.91. The number of nitrogens with two attached hydrogens (primary N) is 1. The highest BCUT2D eigenvalue weighted by Gasteiger charge is 2.10. The van der Waals surface area contributed by atoms with Crippen molar-refractivity contribution in [1.29, 1.82) is 0 Å². The Morgan fingerprint density at radius 3 is 3.04 bits per heavy atom. The van der Waals surface area contributed by atoms with Crippen LogP contribution in [0.25, 0.3) is 10.9 Å². The Bertz CT molecular complexity index is 817. The Hall–Kier alpha value is -2.47. The third-order valence-electron chi connectivity index (χ3n) is 3.55. The summed E-state index contributed by atoms with van der Waals surface area (Å²) in [6, 6.07) is 6.00. The van der Waals surface area contributed by atoms with E-state index in [9.17, 15) is 0 Å². The minimum Gasteiger partial charge on any atom is -0.493 e. The molecule has 0 bridgehead atoms. The van der Waals surface area contributed by atoms with Crippen LogP contribution in [-0.4, -0.2) is 28.1 Å². The third-order valence-corrected chi connectivity index (χ3v) is 3.92. The Kier molecular flexibility index (Phi) is 4.52. The van der Waals surface area contributed by atoms with E-state index in [0.717, 1.165) is 23.1 Å². The van der Waals surface area contributed by atoms with Gasteiger partial charge in [0.25, 0.3) is 0 Å². The van der Waals surface area contributed by atoms with Crippen molar-refractivity contribution in [1.82, 2.24) is 15.0 Å². The van der Waals surface area contributed by atoms with Gasteiger partial charge in [-0.25, -0.2) is 9.97 Å². The minimum absolute atomic E-state index is 0.273. The largest absolute Gasteiger partial charge is 0.493 e. The van der Waals surface area contributed by atoms with Crippen LogP contribution in [0.3, 0.4) is 0 Å². The molecule has 1 aromatic carbocycles. The lowest BCUT2D eigenvalue weighted by atomic mass is 10.1. The first-order valence-corrected chi connectivity index (χ1v) is 7.80. The fourth-order valence-electron chi connectivity index (χ4n) is 2.51. The number of fused-ring (bicyclic) bond motifs is 1. The maximum absolute atomic E-state index is 6.08. The molecule has 6 nitrogen and oxygen atoms in total. The average molecular weight is 332 g/mol. The summed E-state index contributed by atoms with van der Waals surface area (Å²) >= 11 is 6.08. The number of hydrogen-bond acceptors (Lipinski definition) is 5. The summed E-state index contributed by atoms with van der Waals surface area (Å²) in [6.07, 6.45) is 4.19. The molecule has 23 heavy (non-hydrogen) atoms. The second-order valence-corrected chi connectivity index (χ2v) is 5.40. The van der Waals surface area contributed by atoms with Gasteiger partial charge >= 0.3 is 0 Å². The number of H-pyrrole nitrogens is 1. The lowest BCUT2D eigenvalue weighted by Gasteiger charge is -2.09. The van der Waals surface area contributed by atoms with Crippen molar-refractivity contribution in [2.75, 3.05) is 24.2 Å². The van der Waals surface area contributed by atoms with Gasteiger partial charge in [-0.2, -0.15) is 0 Å². The van der Waals surface area contributed by atoms with Crippen molar-refractivity contribution in [2.45, 2.75) is 13.3 Å². The normalized spacial score (nSPS) is 10.9. The van der Waals surface area contributed by atoms with Gasteiger partial charge in [-0.15, -0.1) is 0 Å². The molecule has 0 unspecified atom stereocenters. The zero-order chi connectivity index (χ0) is 16.2. The summed E-state index contributed by atoms with van der Waals surface area (Å²) in [6.45, 7) is 3.29. The van der Waals surface area contributed by atoms with Crippen LogP contribution in [0.1, 0.15) is 12.5 Å². The van der Waals surface area contributed by atoms with Crippen LogP contribution in [0.15, 0.2) is 30.7 Å². The number of benzene rings is 1. The van der Waals surface area contributed by atoms with Crippen LogP contribution < -0.4 is 15.8 Å². The van der Waals surface area contributed by atoms with E-state index in [1.54, 1.807) is 0 Å². The minimum atomic E-state index is 0.273. The van der Waals surface area contributed by atoms with Crippen molar-refractivity contribution >= 4 is 34.1 Å². The predicted octanol–water partition coefficient (Wildman–Crippen LogP) is 3.25. The number of ether oxygens (including phenoxy) is 1. The first-order chi connectivity index (χ1) is 11.2. The quantitative estimate of drug-likeness (QED) is 0.645. The smallest absolute Gasteiger partial charge is 0.150 e. The molecule has 3 rings (SSSR count). The number of nitrogen functional groups attached to an aromatic ring is 1. The molecule has 120 valence electrons. The molecule has 2 aromatic heterocycles. The molecular weight excluding hydrogens is 314 g/mol. The number of aromatic nitrogens is 3. The van der Waals surface area contributed by atoms with Crippen LogP contribution in [0, 0.1) is 0 Å². The van der Waals surface area contributed by atoms with Crippen LogP contribution >= 0.6 is 11.6 Å².